The largest absolute Gasteiger partial charge is 0.312 e. The Morgan fingerprint density at radius 1 is 1.30 bits per heavy atom. The molecule has 0 spiro atoms. The maximum Gasteiger partial charge on any atom is 0.241 e. The topological polar surface area (TPSA) is 71.1 Å². The summed E-state index contributed by atoms with van der Waals surface area (Å²) in [6.45, 7) is 5.74. The van der Waals surface area contributed by atoms with Crippen molar-refractivity contribution in [3.63, 3.8) is 0 Å². The molecule has 2 heterocycles. The zero-order valence-corrected chi connectivity index (χ0v) is 13.8. The molecule has 0 unspecified atom stereocenters. The molecule has 2 N–H and O–H groups in total. The summed E-state index contributed by atoms with van der Waals surface area (Å²) in [6, 6.07) is 1.72. The molecule has 0 radical (unpaired) electrons. The van der Waals surface area contributed by atoms with Crippen LogP contribution in [-0.2, 0) is 23.1 Å². The molecule has 8 heteroatoms. The van der Waals surface area contributed by atoms with Crippen molar-refractivity contribution in [3.05, 3.63) is 32.4 Å². The van der Waals surface area contributed by atoms with Gasteiger partial charge in [0.1, 0.15) is 0 Å². The van der Waals surface area contributed by atoms with E-state index in [0.717, 1.165) is 22.0 Å². The molecule has 0 bridgehead atoms. The molecule has 2 aromatic rings. The highest BCUT2D eigenvalue weighted by atomic mass is 32.2. The minimum Gasteiger partial charge on any atom is -0.312 e. The second-order valence-electron chi connectivity index (χ2n) is 4.21. The summed E-state index contributed by atoms with van der Waals surface area (Å²) < 4.78 is 27.0. The van der Waals surface area contributed by atoms with Gasteiger partial charge in [-0.15, -0.1) is 22.7 Å². The lowest BCUT2D eigenvalue weighted by Gasteiger charge is -2.03. The summed E-state index contributed by atoms with van der Waals surface area (Å²) in [4.78, 5) is 6.39. The van der Waals surface area contributed by atoms with E-state index in [-0.39, 0.29) is 6.54 Å². The van der Waals surface area contributed by atoms with E-state index in [1.54, 1.807) is 17.0 Å². The number of aromatic nitrogens is 1. The van der Waals surface area contributed by atoms with Crippen LogP contribution in [0.2, 0.25) is 0 Å². The summed E-state index contributed by atoms with van der Waals surface area (Å²) in [5.74, 6) is 0. The molecule has 2 rings (SSSR count). The van der Waals surface area contributed by atoms with Crippen LogP contribution >= 0.6 is 22.7 Å². The monoisotopic (exact) mass is 331 g/mol. The zero-order chi connectivity index (χ0) is 14.6. The summed E-state index contributed by atoms with van der Waals surface area (Å²) >= 11 is 2.91. The molecule has 0 aliphatic heterocycles. The van der Waals surface area contributed by atoms with Crippen molar-refractivity contribution < 1.29 is 8.42 Å². The predicted molar refractivity (Wildman–Crippen MR) is 82.6 cm³/mol. The third-order valence-electron chi connectivity index (χ3n) is 2.76. The number of hydrogen-bond acceptors (Lipinski definition) is 6. The Morgan fingerprint density at radius 3 is 2.75 bits per heavy atom. The summed E-state index contributed by atoms with van der Waals surface area (Å²) in [6.07, 6.45) is 0. The second kappa shape index (κ2) is 6.77. The van der Waals surface area contributed by atoms with Crippen LogP contribution in [-0.4, -0.2) is 19.9 Å². The Morgan fingerprint density at radius 2 is 2.10 bits per heavy atom. The van der Waals surface area contributed by atoms with Crippen molar-refractivity contribution in [2.45, 2.75) is 31.8 Å². The molecule has 0 aliphatic carbocycles. The van der Waals surface area contributed by atoms with Gasteiger partial charge in [0.15, 0.2) is 0 Å². The molecule has 5 nitrogen and oxygen atoms in total. The van der Waals surface area contributed by atoms with E-state index in [0.29, 0.717) is 11.4 Å². The first kappa shape index (κ1) is 15.6. The van der Waals surface area contributed by atoms with E-state index in [2.05, 4.69) is 15.0 Å². The van der Waals surface area contributed by atoms with Crippen LogP contribution in [0.25, 0.3) is 0 Å². The van der Waals surface area contributed by atoms with Crippen molar-refractivity contribution >= 4 is 32.7 Å². The molecule has 0 fully saturated rings. The number of thiophene rings is 1. The first-order chi connectivity index (χ1) is 9.53. The second-order valence-corrected chi connectivity index (χ2v) is 7.92. The molecule has 0 saturated carbocycles. The van der Waals surface area contributed by atoms with E-state index in [4.69, 9.17) is 0 Å². The lowest BCUT2D eigenvalue weighted by Crippen LogP contribution is -2.22. The number of thiazole rings is 1. The van der Waals surface area contributed by atoms with Gasteiger partial charge in [-0.1, -0.05) is 6.92 Å². The fraction of sp³-hybridized carbons (Fsp3) is 0.417. The van der Waals surface area contributed by atoms with Gasteiger partial charge in [0.25, 0.3) is 0 Å². The average molecular weight is 331 g/mol. The maximum absolute atomic E-state index is 12.2. The first-order valence-corrected chi connectivity index (χ1v) is 9.44. The van der Waals surface area contributed by atoms with Gasteiger partial charge in [0.2, 0.25) is 10.0 Å². The van der Waals surface area contributed by atoms with Crippen molar-refractivity contribution in [1.29, 1.82) is 0 Å². The van der Waals surface area contributed by atoms with E-state index in [1.165, 1.54) is 22.7 Å². The Hall–Kier alpha value is -0.800. The van der Waals surface area contributed by atoms with Gasteiger partial charge < -0.3 is 5.32 Å². The summed E-state index contributed by atoms with van der Waals surface area (Å²) in [5, 5.41) is 4.85. The number of nitrogens with one attached hydrogen (secondary N) is 2. The van der Waals surface area contributed by atoms with Crippen LogP contribution in [0.15, 0.2) is 21.9 Å². The molecule has 0 aromatic carbocycles. The fourth-order valence-corrected chi connectivity index (χ4v) is 4.63. The number of hydrogen-bond donors (Lipinski definition) is 2. The minimum atomic E-state index is -3.45. The fourth-order valence-electron chi connectivity index (χ4n) is 1.58. The SMILES string of the molecule is CCNCc1cc(S(=O)(=O)NCc2scnc2C)cs1. The number of nitrogens with zero attached hydrogens (tertiary/aromatic N) is 1. The van der Waals surface area contributed by atoms with Crippen LogP contribution < -0.4 is 10.0 Å². The average Bonchev–Trinajstić information content (AvgIpc) is 3.03. The molecule has 0 aliphatic rings. The lowest BCUT2D eigenvalue weighted by atomic mass is 10.4. The normalized spacial score (nSPS) is 11.9. The number of rotatable bonds is 7. The van der Waals surface area contributed by atoms with E-state index in [1.807, 2.05) is 13.8 Å². The molecule has 0 saturated heterocycles. The third kappa shape index (κ3) is 3.86. The molecule has 0 atom stereocenters. The Labute approximate surface area is 127 Å². The van der Waals surface area contributed by atoms with Crippen molar-refractivity contribution in [3.8, 4) is 0 Å². The van der Waals surface area contributed by atoms with Crippen LogP contribution in [0, 0.1) is 6.92 Å². The molecule has 20 heavy (non-hydrogen) atoms. The third-order valence-corrected chi connectivity index (χ3v) is 6.16. The van der Waals surface area contributed by atoms with Gasteiger partial charge in [0.05, 0.1) is 16.1 Å². The highest BCUT2D eigenvalue weighted by Gasteiger charge is 2.16. The molecule has 2 aromatic heterocycles. The van der Waals surface area contributed by atoms with Crippen molar-refractivity contribution in [1.82, 2.24) is 15.0 Å². The van der Waals surface area contributed by atoms with Gasteiger partial charge >= 0.3 is 0 Å². The van der Waals surface area contributed by atoms with Crippen LogP contribution in [0.4, 0.5) is 0 Å². The van der Waals surface area contributed by atoms with Crippen molar-refractivity contribution in [2.24, 2.45) is 0 Å². The molecule has 0 amide bonds. The quantitative estimate of drug-likeness (QED) is 0.815. The first-order valence-electron chi connectivity index (χ1n) is 6.19. The Bertz CT molecular complexity index is 661. The van der Waals surface area contributed by atoms with E-state index in [9.17, 15) is 8.42 Å². The van der Waals surface area contributed by atoms with Gasteiger partial charge in [-0.3, -0.25) is 0 Å². The van der Waals surface area contributed by atoms with Gasteiger partial charge in [-0.25, -0.2) is 18.1 Å². The predicted octanol–water partition coefficient (Wildman–Crippen LogP) is 2.10. The van der Waals surface area contributed by atoms with E-state index >= 15 is 0 Å². The van der Waals surface area contributed by atoms with E-state index < -0.39 is 10.0 Å². The minimum absolute atomic E-state index is 0.289. The molecular formula is C12H17N3O2S3. The van der Waals surface area contributed by atoms with Gasteiger partial charge in [0, 0.05) is 28.2 Å². The Kier molecular flexibility index (Phi) is 5.28. The van der Waals surface area contributed by atoms with Crippen LogP contribution in [0.1, 0.15) is 22.4 Å². The summed E-state index contributed by atoms with van der Waals surface area (Å²) in [7, 11) is -3.45. The number of aryl methyl sites for hydroxylation is 1. The smallest absolute Gasteiger partial charge is 0.241 e. The summed E-state index contributed by atoms with van der Waals surface area (Å²) in [5.41, 5.74) is 2.59. The van der Waals surface area contributed by atoms with Crippen LogP contribution in [0.3, 0.4) is 0 Å². The highest BCUT2D eigenvalue weighted by molar-refractivity contribution is 7.89. The van der Waals surface area contributed by atoms with Crippen LogP contribution in [0.5, 0.6) is 0 Å². The molecular weight excluding hydrogens is 314 g/mol. The number of sulfonamides is 1. The van der Waals surface area contributed by atoms with Crippen molar-refractivity contribution in [2.75, 3.05) is 6.54 Å². The molecule has 110 valence electrons. The Balaban J connectivity index is 2.03. The zero-order valence-electron chi connectivity index (χ0n) is 11.3. The standard InChI is InChI=1S/C12H17N3O2S3/c1-3-13-5-10-4-11(7-18-10)20(16,17)15-6-12-9(2)14-8-19-12/h4,7-8,13,15H,3,5-6H2,1-2H3. The maximum atomic E-state index is 12.2. The van der Waals surface area contributed by atoms with Gasteiger partial charge in [-0.05, 0) is 19.5 Å². The lowest BCUT2D eigenvalue weighted by molar-refractivity contribution is 0.582. The highest BCUT2D eigenvalue weighted by Crippen LogP contribution is 2.20. The van der Waals surface area contributed by atoms with Gasteiger partial charge in [-0.2, -0.15) is 0 Å².